The highest BCUT2D eigenvalue weighted by atomic mass is 32.2. The molecule has 2 saturated heterocycles. The van der Waals surface area contributed by atoms with E-state index in [4.69, 9.17) is 4.74 Å². The van der Waals surface area contributed by atoms with E-state index in [9.17, 15) is 4.21 Å². The summed E-state index contributed by atoms with van der Waals surface area (Å²) >= 11 is 0. The largest absolute Gasteiger partial charge is 0.378 e. The van der Waals surface area contributed by atoms with Gasteiger partial charge >= 0.3 is 0 Å². The summed E-state index contributed by atoms with van der Waals surface area (Å²) in [5.41, 5.74) is 3.74. The third-order valence-electron chi connectivity index (χ3n) is 6.46. The first-order valence-corrected chi connectivity index (χ1v) is 12.5. The van der Waals surface area contributed by atoms with E-state index < -0.39 is 11.0 Å². The van der Waals surface area contributed by atoms with Gasteiger partial charge in [-0.05, 0) is 55.6 Å². The lowest BCUT2D eigenvalue weighted by molar-refractivity contribution is -0.0987. The van der Waals surface area contributed by atoms with Crippen LogP contribution in [-0.4, -0.2) is 65.2 Å². The fourth-order valence-electron chi connectivity index (χ4n) is 4.72. The van der Waals surface area contributed by atoms with Crippen LogP contribution in [0.4, 0.5) is 5.69 Å². The Labute approximate surface area is 183 Å². The van der Waals surface area contributed by atoms with Gasteiger partial charge in [-0.25, -0.2) is 4.21 Å². The molecule has 2 aliphatic heterocycles. The first-order chi connectivity index (χ1) is 14.6. The van der Waals surface area contributed by atoms with Gasteiger partial charge in [0.25, 0.3) is 0 Å². The predicted molar refractivity (Wildman–Crippen MR) is 124 cm³/mol. The van der Waals surface area contributed by atoms with Crippen LogP contribution in [0.5, 0.6) is 0 Å². The normalized spacial score (nSPS) is 20.8. The van der Waals surface area contributed by atoms with Crippen molar-refractivity contribution >= 4 is 16.7 Å². The molecule has 30 heavy (non-hydrogen) atoms. The molecule has 2 aromatic rings. The second-order valence-electron chi connectivity index (χ2n) is 8.53. The summed E-state index contributed by atoms with van der Waals surface area (Å²) in [6, 6.07) is 19.1. The Morgan fingerprint density at radius 2 is 1.80 bits per heavy atom. The molecule has 0 saturated carbocycles. The number of morpholine rings is 1. The van der Waals surface area contributed by atoms with E-state index in [2.05, 4.69) is 57.0 Å². The van der Waals surface area contributed by atoms with Gasteiger partial charge in [-0.15, -0.1) is 0 Å². The number of piperidine rings is 1. The summed E-state index contributed by atoms with van der Waals surface area (Å²) in [5.74, 6) is 0. The average Bonchev–Trinajstić information content (AvgIpc) is 2.76. The van der Waals surface area contributed by atoms with E-state index >= 15 is 0 Å². The van der Waals surface area contributed by atoms with E-state index in [1.807, 2.05) is 12.1 Å². The monoisotopic (exact) mass is 427 g/mol. The standard InChI is InChI=1S/C24H33N3O2S/c1-30(28)25-23-9-5-8-22(18-23)19-27-16-17-29-20-24(27)11-14-26(15-12-24)13-10-21-6-3-2-4-7-21/h2-9,18,25H,10-17,19-20H2,1H3. The average molecular weight is 428 g/mol. The van der Waals surface area contributed by atoms with Gasteiger partial charge in [0.2, 0.25) is 0 Å². The van der Waals surface area contributed by atoms with Crippen molar-refractivity contribution in [1.29, 1.82) is 0 Å². The second-order valence-corrected chi connectivity index (χ2v) is 9.64. The number of hydrogen-bond donors (Lipinski definition) is 1. The molecule has 0 aliphatic carbocycles. The van der Waals surface area contributed by atoms with Gasteiger partial charge in [-0.3, -0.25) is 4.90 Å². The third kappa shape index (κ3) is 5.49. The maximum absolute atomic E-state index is 11.5. The van der Waals surface area contributed by atoms with Crippen molar-refractivity contribution < 1.29 is 8.95 Å². The van der Waals surface area contributed by atoms with Crippen LogP contribution in [0.25, 0.3) is 0 Å². The van der Waals surface area contributed by atoms with Crippen molar-refractivity contribution in [3.63, 3.8) is 0 Å². The van der Waals surface area contributed by atoms with Gasteiger partial charge < -0.3 is 14.4 Å². The van der Waals surface area contributed by atoms with Crippen molar-refractivity contribution in [2.45, 2.75) is 31.3 Å². The molecule has 0 radical (unpaired) electrons. The molecule has 0 amide bonds. The zero-order valence-corrected chi connectivity index (χ0v) is 18.7. The van der Waals surface area contributed by atoms with Gasteiger partial charge in [-0.1, -0.05) is 42.5 Å². The van der Waals surface area contributed by atoms with Gasteiger partial charge in [0, 0.05) is 37.1 Å². The van der Waals surface area contributed by atoms with E-state index in [0.29, 0.717) is 0 Å². The minimum atomic E-state index is -1.05. The van der Waals surface area contributed by atoms with Crippen LogP contribution in [0, 0.1) is 0 Å². The molecule has 0 bridgehead atoms. The first-order valence-electron chi connectivity index (χ1n) is 10.9. The highest BCUT2D eigenvalue weighted by molar-refractivity contribution is 7.85. The van der Waals surface area contributed by atoms with Crippen LogP contribution in [0.2, 0.25) is 0 Å². The Hall–Kier alpha value is -1.73. The summed E-state index contributed by atoms with van der Waals surface area (Å²) < 4.78 is 20.5. The summed E-state index contributed by atoms with van der Waals surface area (Å²) in [5, 5.41) is 0. The number of benzene rings is 2. The molecule has 2 aliphatic rings. The Morgan fingerprint density at radius 3 is 2.57 bits per heavy atom. The van der Waals surface area contributed by atoms with Crippen LogP contribution < -0.4 is 4.72 Å². The minimum Gasteiger partial charge on any atom is -0.378 e. The summed E-state index contributed by atoms with van der Waals surface area (Å²) in [6.45, 7) is 6.91. The molecule has 2 aromatic carbocycles. The number of anilines is 1. The van der Waals surface area contributed by atoms with Crippen LogP contribution in [-0.2, 0) is 28.7 Å². The molecule has 1 spiro atoms. The lowest BCUT2D eigenvalue weighted by Crippen LogP contribution is -2.61. The maximum atomic E-state index is 11.5. The Balaban J connectivity index is 1.36. The molecule has 6 heteroatoms. The molecule has 162 valence electrons. The SMILES string of the molecule is CS(=O)Nc1cccc(CN2CCOCC23CCN(CCc2ccccc2)CC3)c1. The highest BCUT2D eigenvalue weighted by Gasteiger charge is 2.41. The smallest absolute Gasteiger partial charge is 0.113 e. The zero-order valence-electron chi connectivity index (χ0n) is 17.9. The fraction of sp³-hybridized carbons (Fsp3) is 0.500. The van der Waals surface area contributed by atoms with Gasteiger partial charge in [-0.2, -0.15) is 0 Å². The van der Waals surface area contributed by atoms with E-state index in [-0.39, 0.29) is 5.54 Å². The minimum absolute atomic E-state index is 0.137. The van der Waals surface area contributed by atoms with Crippen LogP contribution in [0.15, 0.2) is 54.6 Å². The van der Waals surface area contributed by atoms with Gasteiger partial charge in [0.1, 0.15) is 11.0 Å². The summed E-state index contributed by atoms with van der Waals surface area (Å²) in [6.07, 6.45) is 5.08. The highest BCUT2D eigenvalue weighted by Crippen LogP contribution is 2.33. The molecular formula is C24H33N3O2S. The lowest BCUT2D eigenvalue weighted by Gasteiger charge is -2.51. The molecule has 2 fully saturated rings. The molecule has 2 heterocycles. The number of nitrogens with one attached hydrogen (secondary N) is 1. The van der Waals surface area contributed by atoms with Gasteiger partial charge in [0.15, 0.2) is 0 Å². The summed E-state index contributed by atoms with van der Waals surface area (Å²) in [4.78, 5) is 5.24. The predicted octanol–water partition coefficient (Wildman–Crippen LogP) is 3.30. The summed E-state index contributed by atoms with van der Waals surface area (Å²) in [7, 11) is -1.05. The molecule has 1 atom stereocenters. The van der Waals surface area contributed by atoms with Crippen molar-refractivity contribution in [3.8, 4) is 0 Å². The van der Waals surface area contributed by atoms with Gasteiger partial charge in [0.05, 0.1) is 13.2 Å². The molecule has 1 unspecified atom stereocenters. The quantitative estimate of drug-likeness (QED) is 0.736. The maximum Gasteiger partial charge on any atom is 0.113 e. The second kappa shape index (κ2) is 10.1. The Bertz CT molecular complexity index is 837. The molecule has 0 aromatic heterocycles. The van der Waals surface area contributed by atoms with Crippen molar-refractivity contribution in [1.82, 2.24) is 9.80 Å². The van der Waals surface area contributed by atoms with Crippen molar-refractivity contribution in [2.24, 2.45) is 0 Å². The Morgan fingerprint density at radius 1 is 1.03 bits per heavy atom. The topological polar surface area (TPSA) is 44.8 Å². The van der Waals surface area contributed by atoms with Crippen LogP contribution >= 0.6 is 0 Å². The van der Waals surface area contributed by atoms with Crippen molar-refractivity contribution in [3.05, 3.63) is 65.7 Å². The molecule has 1 N–H and O–H groups in total. The Kier molecular flexibility index (Phi) is 7.20. The number of ether oxygens (including phenoxy) is 1. The lowest BCUT2D eigenvalue weighted by atomic mass is 9.84. The van der Waals surface area contributed by atoms with Crippen molar-refractivity contribution in [2.75, 3.05) is 50.4 Å². The first kappa shape index (κ1) is 21.5. The molecule has 4 rings (SSSR count). The van der Waals surface area contributed by atoms with E-state index in [1.165, 1.54) is 11.1 Å². The van der Waals surface area contributed by atoms with E-state index in [1.54, 1.807) is 6.26 Å². The van der Waals surface area contributed by atoms with Crippen LogP contribution in [0.1, 0.15) is 24.0 Å². The molecule has 5 nitrogen and oxygen atoms in total. The number of likely N-dealkylation sites (tertiary alicyclic amines) is 1. The fourth-order valence-corrected chi connectivity index (χ4v) is 5.18. The van der Waals surface area contributed by atoms with Crippen LogP contribution in [0.3, 0.4) is 0 Å². The number of rotatable bonds is 7. The zero-order chi connectivity index (χ0) is 20.8. The number of nitrogens with zero attached hydrogens (tertiary/aromatic N) is 2. The molecular weight excluding hydrogens is 394 g/mol. The third-order valence-corrected chi connectivity index (χ3v) is 6.98. The number of hydrogen-bond acceptors (Lipinski definition) is 4. The van der Waals surface area contributed by atoms with E-state index in [0.717, 1.165) is 70.9 Å².